The fraction of sp³-hybridized carbons (Fsp3) is 0.439. The summed E-state index contributed by atoms with van der Waals surface area (Å²) in [7, 11) is 4.27. The molecule has 0 amide bonds. The molecule has 1 aliphatic heterocycles. The van der Waals surface area contributed by atoms with Crippen molar-refractivity contribution in [2.75, 3.05) is 37.8 Å². The lowest BCUT2D eigenvalue weighted by atomic mass is 9.75. The van der Waals surface area contributed by atoms with E-state index >= 15 is 0 Å². The highest BCUT2D eigenvalue weighted by atomic mass is 32.2. The first kappa shape index (κ1) is 43.6. The number of hydrogen-bond acceptors (Lipinski definition) is 7. The number of ether oxygens (including phenoxy) is 1. The fourth-order valence-corrected chi connectivity index (χ4v) is 7.06. The second kappa shape index (κ2) is 24.7. The van der Waals surface area contributed by atoms with Crippen LogP contribution in [0.3, 0.4) is 0 Å². The molecule has 0 radical (unpaired) electrons. The Morgan fingerprint density at radius 2 is 1.46 bits per heavy atom. The first-order valence-electron chi connectivity index (χ1n) is 17.0. The van der Waals surface area contributed by atoms with Crippen LogP contribution in [0.1, 0.15) is 75.7 Å². The zero-order valence-electron chi connectivity index (χ0n) is 30.2. The van der Waals surface area contributed by atoms with Gasteiger partial charge in [0, 0.05) is 37.0 Å². The molecular formula is C41H55N3O5S. The second-order valence-corrected chi connectivity index (χ2v) is 13.4. The lowest BCUT2D eigenvalue weighted by molar-refractivity contribution is -0.142. The number of aromatic nitrogens is 1. The van der Waals surface area contributed by atoms with Crippen molar-refractivity contribution in [2.45, 2.75) is 83.3 Å². The maximum absolute atomic E-state index is 10.8. The van der Waals surface area contributed by atoms with E-state index in [4.69, 9.17) is 14.9 Å². The molecule has 1 aliphatic rings. The molecule has 9 heteroatoms. The van der Waals surface area contributed by atoms with Gasteiger partial charge in [0.1, 0.15) is 12.4 Å². The number of aliphatic carboxylic acids is 2. The van der Waals surface area contributed by atoms with E-state index in [1.54, 1.807) is 23.8 Å². The third-order valence-corrected chi connectivity index (χ3v) is 9.70. The summed E-state index contributed by atoms with van der Waals surface area (Å²) in [5.74, 6) is -0.121. The zero-order valence-corrected chi connectivity index (χ0v) is 31.0. The Bertz CT molecular complexity index is 1430. The van der Waals surface area contributed by atoms with Gasteiger partial charge in [-0.2, -0.15) is 0 Å². The lowest BCUT2D eigenvalue weighted by Gasteiger charge is -2.32. The number of carbonyl (C=O) groups is 2. The van der Waals surface area contributed by atoms with Crippen LogP contribution in [0.25, 0.3) is 0 Å². The van der Waals surface area contributed by atoms with Gasteiger partial charge in [0.05, 0.1) is 24.5 Å². The molecule has 1 aromatic heterocycles. The Morgan fingerprint density at radius 1 is 0.860 bits per heavy atom. The van der Waals surface area contributed by atoms with Crippen molar-refractivity contribution < 1.29 is 24.5 Å². The molecule has 0 bridgehead atoms. The van der Waals surface area contributed by atoms with Crippen molar-refractivity contribution in [1.82, 2.24) is 9.88 Å². The maximum Gasteiger partial charge on any atom is 0.317 e. The van der Waals surface area contributed by atoms with Crippen LogP contribution in [0.2, 0.25) is 0 Å². The largest absolute Gasteiger partial charge is 0.487 e. The summed E-state index contributed by atoms with van der Waals surface area (Å²) in [4.78, 5) is 31.1. The van der Waals surface area contributed by atoms with Crippen LogP contribution in [-0.2, 0) is 29.2 Å². The minimum Gasteiger partial charge on any atom is -0.487 e. The molecule has 0 spiro atoms. The highest BCUT2D eigenvalue weighted by Crippen LogP contribution is 2.45. The summed E-state index contributed by atoms with van der Waals surface area (Å²) in [5, 5.41) is 17.7. The van der Waals surface area contributed by atoms with Crippen molar-refractivity contribution in [1.29, 1.82) is 0 Å². The van der Waals surface area contributed by atoms with Crippen LogP contribution >= 0.6 is 11.8 Å². The molecule has 0 fully saturated rings. The highest BCUT2D eigenvalue weighted by molar-refractivity contribution is 7.99. The standard InChI is InChI=1S/C20H33NS.C17H18N2O5.2C2H2/c1-5-7-12-20(13-8-6-2)14-11-17-15-18(21(3)4)9-10-19(17)22-16-20;20-16(21)10-19(11-17(22)23)9-13-5-4-6-14(18-13)12-24-15-7-2-1-3-8-15;2*1-2/h9-10,15H,5-8,11-14,16H2,1-4H3;1-8H,9-12H2,(H,20,21)(H,22,23);2*1-2H. The molecule has 2 heterocycles. The summed E-state index contributed by atoms with van der Waals surface area (Å²) in [6.07, 6.45) is 26.9. The molecule has 2 aromatic carbocycles. The third-order valence-electron chi connectivity index (χ3n) is 8.24. The smallest absolute Gasteiger partial charge is 0.317 e. The van der Waals surface area contributed by atoms with Gasteiger partial charge in [0.25, 0.3) is 0 Å². The number of carboxylic acids is 2. The summed E-state index contributed by atoms with van der Waals surface area (Å²) in [5.41, 5.74) is 4.77. The van der Waals surface area contributed by atoms with E-state index in [2.05, 4.69) is 93.5 Å². The van der Waals surface area contributed by atoms with Crippen molar-refractivity contribution in [3.63, 3.8) is 0 Å². The van der Waals surface area contributed by atoms with Gasteiger partial charge in [-0.15, -0.1) is 37.5 Å². The van der Waals surface area contributed by atoms with Gasteiger partial charge in [-0.25, -0.2) is 0 Å². The first-order chi connectivity index (χ1) is 24.1. The van der Waals surface area contributed by atoms with E-state index in [0.717, 1.165) is 5.75 Å². The fourth-order valence-electron chi connectivity index (χ4n) is 5.66. The molecule has 2 N–H and O–H groups in total. The monoisotopic (exact) mass is 701 g/mol. The van der Waals surface area contributed by atoms with E-state index in [1.807, 2.05) is 30.3 Å². The summed E-state index contributed by atoms with van der Waals surface area (Å²) >= 11 is 2.12. The Balaban J connectivity index is 0.000000456. The topological polar surface area (TPSA) is 103 Å². The molecular weight excluding hydrogens is 647 g/mol. The second-order valence-electron chi connectivity index (χ2n) is 12.3. The number of terminal acetylenes is 2. The minimum atomic E-state index is -1.08. The van der Waals surface area contributed by atoms with Gasteiger partial charge in [0.2, 0.25) is 0 Å². The minimum absolute atomic E-state index is 0.137. The zero-order chi connectivity index (χ0) is 37.4. The molecule has 50 heavy (non-hydrogen) atoms. The summed E-state index contributed by atoms with van der Waals surface area (Å²) in [6, 6.07) is 21.7. The SMILES string of the molecule is C#C.C#C.CCCCC1(CCCC)CCc2cc(N(C)C)ccc2SC1.O=C(O)CN(CC(=O)O)Cc1cccc(COc2ccccc2)n1. The van der Waals surface area contributed by atoms with Crippen molar-refractivity contribution in [2.24, 2.45) is 5.41 Å². The number of fused-ring (bicyclic) bond motifs is 1. The first-order valence-corrected chi connectivity index (χ1v) is 18.0. The number of unbranched alkanes of at least 4 members (excludes halogenated alkanes) is 2. The van der Waals surface area contributed by atoms with Gasteiger partial charge in [-0.3, -0.25) is 19.5 Å². The molecule has 3 aromatic rings. The Morgan fingerprint density at radius 3 is 2.02 bits per heavy atom. The molecule has 270 valence electrons. The summed E-state index contributed by atoms with van der Waals surface area (Å²) in [6.45, 7) is 4.34. The van der Waals surface area contributed by atoms with Crippen LogP contribution < -0.4 is 9.64 Å². The van der Waals surface area contributed by atoms with E-state index < -0.39 is 11.9 Å². The van der Waals surface area contributed by atoms with Crippen molar-refractivity contribution in [3.8, 4) is 31.4 Å². The van der Waals surface area contributed by atoms with Crippen molar-refractivity contribution in [3.05, 3.63) is 83.7 Å². The Kier molecular flexibility index (Phi) is 21.5. The molecule has 0 atom stereocenters. The lowest BCUT2D eigenvalue weighted by Crippen LogP contribution is -2.34. The van der Waals surface area contributed by atoms with Crippen molar-refractivity contribution >= 4 is 29.4 Å². The average Bonchev–Trinajstić information content (AvgIpc) is 3.30. The van der Waals surface area contributed by atoms with E-state index in [9.17, 15) is 9.59 Å². The predicted molar refractivity (Wildman–Crippen MR) is 207 cm³/mol. The predicted octanol–water partition coefficient (Wildman–Crippen LogP) is 8.29. The van der Waals surface area contributed by atoms with Crippen LogP contribution in [0.15, 0.2) is 71.6 Å². The van der Waals surface area contributed by atoms with E-state index in [-0.39, 0.29) is 26.2 Å². The average molecular weight is 702 g/mol. The molecule has 8 nitrogen and oxygen atoms in total. The highest BCUT2D eigenvalue weighted by Gasteiger charge is 2.31. The quantitative estimate of drug-likeness (QED) is 0.143. The summed E-state index contributed by atoms with van der Waals surface area (Å²) < 4.78 is 5.62. The number of pyridine rings is 1. The Hall–Kier alpha value is -4.44. The number of para-hydroxylation sites is 1. The number of nitrogens with zero attached hydrogens (tertiary/aromatic N) is 3. The number of rotatable bonds is 16. The van der Waals surface area contributed by atoms with E-state index in [0.29, 0.717) is 16.8 Å². The van der Waals surface area contributed by atoms with Crippen LogP contribution in [-0.4, -0.2) is 65.0 Å². The number of aryl methyl sites for hydroxylation is 1. The molecule has 0 saturated heterocycles. The van der Waals surface area contributed by atoms with Gasteiger partial charge in [-0.05, 0) is 79.1 Å². The number of thioether (sulfide) groups is 1. The van der Waals surface area contributed by atoms with Crippen LogP contribution in [0, 0.1) is 31.1 Å². The normalized spacial score (nSPS) is 12.6. The van der Waals surface area contributed by atoms with Crippen LogP contribution in [0.4, 0.5) is 5.69 Å². The van der Waals surface area contributed by atoms with Gasteiger partial charge in [-0.1, -0.05) is 63.8 Å². The third kappa shape index (κ3) is 16.3. The maximum atomic E-state index is 10.8. The molecule has 0 aliphatic carbocycles. The Labute approximate surface area is 304 Å². The molecule has 0 saturated carbocycles. The van der Waals surface area contributed by atoms with Crippen LogP contribution in [0.5, 0.6) is 5.75 Å². The van der Waals surface area contributed by atoms with Gasteiger partial charge in [0.15, 0.2) is 0 Å². The number of benzene rings is 2. The van der Waals surface area contributed by atoms with E-state index in [1.165, 1.54) is 72.6 Å². The van der Waals surface area contributed by atoms with Gasteiger partial charge < -0.3 is 19.8 Å². The molecule has 4 rings (SSSR count). The number of anilines is 1. The molecule has 0 unspecified atom stereocenters. The number of carboxylic acid groups (broad SMARTS) is 2. The van der Waals surface area contributed by atoms with Gasteiger partial charge >= 0.3 is 11.9 Å². The number of hydrogen-bond donors (Lipinski definition) is 2.